The van der Waals surface area contributed by atoms with Gasteiger partial charge in [-0.25, -0.2) is 0 Å². The maximum Gasteiger partial charge on any atom is 0.281 e. The number of carbonyl (C=O) groups excluding carboxylic acids is 1. The molecule has 1 aromatic carbocycles. The fourth-order valence-electron chi connectivity index (χ4n) is 3.50. The van der Waals surface area contributed by atoms with E-state index in [4.69, 9.17) is 0 Å². The van der Waals surface area contributed by atoms with Crippen molar-refractivity contribution < 1.29 is 13.2 Å². The van der Waals surface area contributed by atoms with Crippen LogP contribution in [0.4, 0.5) is 5.69 Å². The molecule has 1 aromatic rings. The average Bonchev–Trinajstić information content (AvgIpc) is 2.61. The van der Waals surface area contributed by atoms with Gasteiger partial charge in [0.05, 0.1) is 0 Å². The van der Waals surface area contributed by atoms with Crippen molar-refractivity contribution in [3.8, 4) is 0 Å². The first-order chi connectivity index (χ1) is 12.6. The molecule has 0 unspecified atom stereocenters. The first-order valence-corrected chi connectivity index (χ1v) is 11.1. The molecule has 6 nitrogen and oxygen atoms in total. The Balaban J connectivity index is 2.14. The van der Waals surface area contributed by atoms with Crippen LogP contribution in [-0.2, 0) is 15.0 Å². The molecule has 0 aliphatic carbocycles. The zero-order valence-electron chi connectivity index (χ0n) is 17.3. The van der Waals surface area contributed by atoms with Crippen molar-refractivity contribution in [1.82, 2.24) is 8.61 Å². The highest BCUT2D eigenvalue weighted by Gasteiger charge is 2.32. The first-order valence-electron chi connectivity index (χ1n) is 9.67. The Hall–Kier alpha value is -1.44. The molecule has 1 amide bonds. The lowest BCUT2D eigenvalue weighted by molar-refractivity contribution is -0.120. The summed E-state index contributed by atoms with van der Waals surface area (Å²) < 4.78 is 27.2. The Morgan fingerprint density at radius 3 is 1.96 bits per heavy atom. The van der Waals surface area contributed by atoms with Gasteiger partial charge in [-0.05, 0) is 35.8 Å². The third-order valence-electron chi connectivity index (χ3n) is 5.23. The van der Waals surface area contributed by atoms with Crippen molar-refractivity contribution in [3.63, 3.8) is 0 Å². The number of amides is 1. The van der Waals surface area contributed by atoms with Crippen molar-refractivity contribution in [2.24, 2.45) is 5.92 Å². The predicted molar refractivity (Wildman–Crippen MR) is 110 cm³/mol. The lowest BCUT2D eigenvalue weighted by atomic mass is 9.91. The average molecular weight is 396 g/mol. The minimum Gasteiger partial charge on any atom is -0.325 e. The summed E-state index contributed by atoms with van der Waals surface area (Å²) in [5.74, 6) is 0.447. The number of carbonyl (C=O) groups is 1. The van der Waals surface area contributed by atoms with Crippen LogP contribution < -0.4 is 5.32 Å². The van der Waals surface area contributed by atoms with E-state index in [0.29, 0.717) is 37.8 Å². The molecule has 1 aliphatic heterocycles. The minimum absolute atomic E-state index is 0.00750. The van der Waals surface area contributed by atoms with Gasteiger partial charge < -0.3 is 5.32 Å². The molecule has 0 aromatic heterocycles. The van der Waals surface area contributed by atoms with Gasteiger partial charge in [0, 0.05) is 38.8 Å². The number of benzene rings is 1. The molecular formula is C20H33N3O3S. The van der Waals surface area contributed by atoms with Crippen LogP contribution in [0.15, 0.2) is 18.2 Å². The summed E-state index contributed by atoms with van der Waals surface area (Å²) in [4.78, 5) is 12.9. The summed E-state index contributed by atoms with van der Waals surface area (Å²) in [6, 6.07) is 6.18. The Kier molecular flexibility index (Phi) is 7.05. The zero-order chi connectivity index (χ0) is 20.4. The number of nitrogens with zero attached hydrogens (tertiary/aromatic N) is 2. The van der Waals surface area contributed by atoms with Crippen LogP contribution in [0.3, 0.4) is 0 Å². The second-order valence-corrected chi connectivity index (χ2v) is 10.2. The van der Waals surface area contributed by atoms with Crippen LogP contribution >= 0.6 is 0 Å². The van der Waals surface area contributed by atoms with Crippen LogP contribution in [0.1, 0.15) is 63.5 Å². The van der Waals surface area contributed by atoms with Crippen molar-refractivity contribution in [2.75, 3.05) is 32.5 Å². The number of anilines is 1. The van der Waals surface area contributed by atoms with Crippen LogP contribution in [0.2, 0.25) is 0 Å². The van der Waals surface area contributed by atoms with E-state index < -0.39 is 10.2 Å². The van der Waals surface area contributed by atoms with Gasteiger partial charge in [0.25, 0.3) is 10.2 Å². The maximum atomic E-state index is 12.9. The van der Waals surface area contributed by atoms with E-state index in [0.717, 1.165) is 16.8 Å². The molecule has 27 heavy (non-hydrogen) atoms. The van der Waals surface area contributed by atoms with Crippen LogP contribution in [-0.4, -0.2) is 50.1 Å². The van der Waals surface area contributed by atoms with Gasteiger partial charge in [-0.2, -0.15) is 17.0 Å². The van der Waals surface area contributed by atoms with Gasteiger partial charge in [0.2, 0.25) is 5.91 Å². The van der Waals surface area contributed by atoms with E-state index in [9.17, 15) is 13.2 Å². The largest absolute Gasteiger partial charge is 0.325 e. The van der Waals surface area contributed by atoms with Crippen LogP contribution in [0, 0.1) is 5.92 Å². The van der Waals surface area contributed by atoms with Crippen molar-refractivity contribution in [2.45, 2.75) is 52.4 Å². The first kappa shape index (κ1) is 21.9. The minimum atomic E-state index is -3.41. The molecule has 1 heterocycles. The smallest absolute Gasteiger partial charge is 0.281 e. The molecule has 1 fully saturated rings. The highest BCUT2D eigenvalue weighted by molar-refractivity contribution is 7.86. The van der Waals surface area contributed by atoms with Gasteiger partial charge in [0.1, 0.15) is 0 Å². The monoisotopic (exact) mass is 395 g/mol. The zero-order valence-corrected chi connectivity index (χ0v) is 18.1. The van der Waals surface area contributed by atoms with Crippen LogP contribution in [0.25, 0.3) is 0 Å². The molecule has 0 radical (unpaired) electrons. The SMILES string of the molecule is CC(C)c1cccc(C(C)C)c1NC(=O)C1CCN(S(=O)(=O)N(C)C)CC1. The number of hydrogen-bond donors (Lipinski definition) is 1. The molecule has 1 N–H and O–H groups in total. The topological polar surface area (TPSA) is 69.7 Å². The van der Waals surface area contributed by atoms with E-state index in [1.807, 2.05) is 6.07 Å². The summed E-state index contributed by atoms with van der Waals surface area (Å²) in [5.41, 5.74) is 3.21. The van der Waals surface area contributed by atoms with E-state index in [1.54, 1.807) is 0 Å². The second kappa shape index (κ2) is 8.71. The molecule has 0 bridgehead atoms. The van der Waals surface area contributed by atoms with E-state index in [-0.39, 0.29) is 11.8 Å². The number of rotatable bonds is 6. The summed E-state index contributed by atoms with van der Waals surface area (Å²) >= 11 is 0. The second-order valence-electron chi connectivity index (χ2n) is 8.07. The van der Waals surface area contributed by atoms with Crippen molar-refractivity contribution in [1.29, 1.82) is 0 Å². The number of hydrogen-bond acceptors (Lipinski definition) is 3. The van der Waals surface area contributed by atoms with Gasteiger partial charge in [-0.15, -0.1) is 0 Å². The normalized spacial score (nSPS) is 17.1. The van der Waals surface area contributed by atoms with Crippen LogP contribution in [0.5, 0.6) is 0 Å². The molecule has 0 spiro atoms. The standard InChI is InChI=1S/C20H33N3O3S/c1-14(2)17-8-7-9-18(15(3)4)19(17)21-20(24)16-10-12-23(13-11-16)27(25,26)22(5)6/h7-9,14-16H,10-13H2,1-6H3,(H,21,24). The quantitative estimate of drug-likeness (QED) is 0.803. The molecule has 0 atom stereocenters. The van der Waals surface area contributed by atoms with Gasteiger partial charge in [-0.1, -0.05) is 45.9 Å². The Bertz CT molecular complexity index is 738. The maximum absolute atomic E-state index is 12.9. The molecule has 152 valence electrons. The third kappa shape index (κ3) is 4.89. The fraction of sp³-hybridized carbons (Fsp3) is 0.650. The predicted octanol–water partition coefficient (Wildman–Crippen LogP) is 3.39. The highest BCUT2D eigenvalue weighted by atomic mass is 32.2. The fourth-order valence-corrected chi connectivity index (χ4v) is 4.63. The molecule has 1 saturated heterocycles. The number of piperidine rings is 1. The Morgan fingerprint density at radius 2 is 1.56 bits per heavy atom. The highest BCUT2D eigenvalue weighted by Crippen LogP contribution is 2.33. The molecule has 1 aliphatic rings. The molecule has 7 heteroatoms. The lowest BCUT2D eigenvalue weighted by Crippen LogP contribution is -2.46. The lowest BCUT2D eigenvalue weighted by Gasteiger charge is -2.32. The number of nitrogens with one attached hydrogen (secondary N) is 1. The van der Waals surface area contributed by atoms with E-state index >= 15 is 0 Å². The molecular weight excluding hydrogens is 362 g/mol. The van der Waals surface area contributed by atoms with Gasteiger partial charge >= 0.3 is 0 Å². The third-order valence-corrected chi connectivity index (χ3v) is 7.17. The Morgan fingerprint density at radius 1 is 1.07 bits per heavy atom. The summed E-state index contributed by atoms with van der Waals surface area (Å²) in [6.45, 7) is 9.25. The van der Waals surface area contributed by atoms with E-state index in [1.165, 1.54) is 22.7 Å². The summed E-state index contributed by atoms with van der Waals surface area (Å²) in [7, 11) is -0.345. The van der Waals surface area contributed by atoms with Crippen molar-refractivity contribution >= 4 is 21.8 Å². The van der Waals surface area contributed by atoms with Gasteiger partial charge in [0.15, 0.2) is 0 Å². The Labute approximate surface area is 164 Å². The van der Waals surface area contributed by atoms with E-state index in [2.05, 4.69) is 45.1 Å². The molecule has 0 saturated carbocycles. The van der Waals surface area contributed by atoms with Gasteiger partial charge in [-0.3, -0.25) is 4.79 Å². The molecule has 2 rings (SSSR count). The van der Waals surface area contributed by atoms with Crippen molar-refractivity contribution in [3.05, 3.63) is 29.3 Å². The summed E-state index contributed by atoms with van der Waals surface area (Å²) in [6.07, 6.45) is 1.08. The summed E-state index contributed by atoms with van der Waals surface area (Å²) in [5, 5.41) is 3.17. The number of para-hydroxylation sites is 1.